The number of nitrogens with zero attached hydrogens (tertiary/aromatic N) is 3. The van der Waals surface area contributed by atoms with Gasteiger partial charge in [-0.2, -0.15) is 5.26 Å². The van der Waals surface area contributed by atoms with Crippen molar-refractivity contribution in [2.24, 2.45) is 0 Å². The molecule has 2 heterocycles. The standard InChI is InChI=1S/C16H24N4/c1-12-10-16(15(11-17)14(3)19-12)18-7-9-20-8-5-4-6-13(20)2/h10,13H,4-9H2,1-3H3,(H,18,19). The van der Waals surface area contributed by atoms with Gasteiger partial charge in [-0.15, -0.1) is 0 Å². The number of likely N-dealkylation sites (tertiary alicyclic amines) is 1. The largest absolute Gasteiger partial charge is 0.383 e. The average molecular weight is 272 g/mol. The lowest BCUT2D eigenvalue weighted by atomic mass is 10.0. The molecule has 1 aliphatic rings. The van der Waals surface area contributed by atoms with Gasteiger partial charge in [-0.25, -0.2) is 0 Å². The molecule has 20 heavy (non-hydrogen) atoms. The number of piperidine rings is 1. The third-order valence-electron chi connectivity index (χ3n) is 4.10. The summed E-state index contributed by atoms with van der Waals surface area (Å²) >= 11 is 0. The summed E-state index contributed by atoms with van der Waals surface area (Å²) in [6.07, 6.45) is 3.96. The van der Waals surface area contributed by atoms with Gasteiger partial charge in [-0.05, 0) is 46.2 Å². The number of aryl methyl sites for hydroxylation is 2. The lowest BCUT2D eigenvalue weighted by Crippen LogP contribution is -2.40. The van der Waals surface area contributed by atoms with Crippen molar-refractivity contribution in [2.45, 2.75) is 46.1 Å². The summed E-state index contributed by atoms with van der Waals surface area (Å²) in [5.74, 6) is 0. The third kappa shape index (κ3) is 3.49. The van der Waals surface area contributed by atoms with E-state index in [1.807, 2.05) is 19.9 Å². The summed E-state index contributed by atoms with van der Waals surface area (Å²) in [5, 5.41) is 12.6. The molecule has 4 heteroatoms. The second kappa shape index (κ2) is 6.71. The zero-order valence-corrected chi connectivity index (χ0v) is 12.7. The van der Waals surface area contributed by atoms with Crippen LogP contribution in [0.3, 0.4) is 0 Å². The topological polar surface area (TPSA) is 52.0 Å². The van der Waals surface area contributed by atoms with Crippen LogP contribution < -0.4 is 5.32 Å². The molecule has 1 saturated heterocycles. The highest BCUT2D eigenvalue weighted by Crippen LogP contribution is 2.19. The van der Waals surface area contributed by atoms with Gasteiger partial charge >= 0.3 is 0 Å². The number of rotatable bonds is 4. The van der Waals surface area contributed by atoms with Crippen molar-refractivity contribution < 1.29 is 0 Å². The maximum Gasteiger partial charge on any atom is 0.103 e. The van der Waals surface area contributed by atoms with E-state index in [1.54, 1.807) is 0 Å². The molecule has 0 radical (unpaired) electrons. The first kappa shape index (κ1) is 14.8. The molecule has 0 saturated carbocycles. The van der Waals surface area contributed by atoms with Gasteiger partial charge < -0.3 is 5.32 Å². The molecular weight excluding hydrogens is 248 g/mol. The van der Waals surface area contributed by atoms with E-state index in [-0.39, 0.29) is 0 Å². The number of anilines is 1. The SMILES string of the molecule is Cc1cc(NCCN2CCCCC2C)c(C#N)c(C)n1. The van der Waals surface area contributed by atoms with Crippen molar-refractivity contribution in [3.05, 3.63) is 23.0 Å². The summed E-state index contributed by atoms with van der Waals surface area (Å²) < 4.78 is 0. The molecule has 0 spiro atoms. The Kier molecular flexibility index (Phi) is 4.97. The van der Waals surface area contributed by atoms with Crippen LogP contribution in [0.25, 0.3) is 0 Å². The van der Waals surface area contributed by atoms with Gasteiger partial charge in [0, 0.05) is 24.8 Å². The van der Waals surface area contributed by atoms with Crippen LogP contribution in [0.2, 0.25) is 0 Å². The van der Waals surface area contributed by atoms with E-state index in [1.165, 1.54) is 25.8 Å². The van der Waals surface area contributed by atoms with E-state index in [0.29, 0.717) is 11.6 Å². The van der Waals surface area contributed by atoms with Gasteiger partial charge in [0.05, 0.1) is 16.9 Å². The van der Waals surface area contributed by atoms with Crippen LogP contribution in [-0.2, 0) is 0 Å². The Bertz CT molecular complexity index is 504. The van der Waals surface area contributed by atoms with Crippen LogP contribution in [-0.4, -0.2) is 35.6 Å². The first-order chi connectivity index (χ1) is 9.61. The molecule has 2 rings (SSSR count). The van der Waals surface area contributed by atoms with Crippen molar-refractivity contribution in [1.29, 1.82) is 5.26 Å². The van der Waals surface area contributed by atoms with Gasteiger partial charge in [0.25, 0.3) is 0 Å². The molecule has 108 valence electrons. The summed E-state index contributed by atoms with van der Waals surface area (Å²) in [7, 11) is 0. The molecule has 0 amide bonds. The van der Waals surface area contributed by atoms with Crippen molar-refractivity contribution in [1.82, 2.24) is 9.88 Å². The number of hydrogen-bond acceptors (Lipinski definition) is 4. The minimum absolute atomic E-state index is 0.669. The quantitative estimate of drug-likeness (QED) is 0.915. The van der Waals surface area contributed by atoms with Crippen molar-refractivity contribution in [2.75, 3.05) is 25.0 Å². The van der Waals surface area contributed by atoms with E-state index >= 15 is 0 Å². The minimum atomic E-state index is 0.669. The molecule has 1 N–H and O–H groups in total. The summed E-state index contributed by atoms with van der Waals surface area (Å²) in [6, 6.07) is 4.90. The molecule has 4 nitrogen and oxygen atoms in total. The smallest absolute Gasteiger partial charge is 0.103 e. The molecule has 1 fully saturated rings. The monoisotopic (exact) mass is 272 g/mol. The van der Waals surface area contributed by atoms with Gasteiger partial charge in [0.2, 0.25) is 0 Å². The first-order valence-corrected chi connectivity index (χ1v) is 7.48. The van der Waals surface area contributed by atoms with E-state index < -0.39 is 0 Å². The first-order valence-electron chi connectivity index (χ1n) is 7.48. The Morgan fingerprint density at radius 1 is 1.45 bits per heavy atom. The molecule has 0 bridgehead atoms. The highest BCUT2D eigenvalue weighted by molar-refractivity contribution is 5.59. The highest BCUT2D eigenvalue weighted by atomic mass is 15.2. The highest BCUT2D eigenvalue weighted by Gasteiger charge is 2.17. The lowest BCUT2D eigenvalue weighted by molar-refractivity contribution is 0.167. The predicted octanol–water partition coefficient (Wildman–Crippen LogP) is 2.86. The van der Waals surface area contributed by atoms with Crippen LogP contribution in [0.5, 0.6) is 0 Å². The average Bonchev–Trinajstić information content (AvgIpc) is 2.40. The van der Waals surface area contributed by atoms with Gasteiger partial charge in [0.1, 0.15) is 6.07 Å². The fraction of sp³-hybridized carbons (Fsp3) is 0.625. The number of pyridine rings is 1. The molecule has 1 unspecified atom stereocenters. The number of aromatic nitrogens is 1. The van der Waals surface area contributed by atoms with Crippen LogP contribution in [0, 0.1) is 25.2 Å². The fourth-order valence-corrected chi connectivity index (χ4v) is 2.93. The number of hydrogen-bond donors (Lipinski definition) is 1. The van der Waals surface area contributed by atoms with Gasteiger partial charge in [-0.3, -0.25) is 9.88 Å². The Hall–Kier alpha value is -1.60. The molecule has 1 aromatic heterocycles. The molecule has 1 aromatic rings. The number of nitrogens with one attached hydrogen (secondary N) is 1. The van der Waals surface area contributed by atoms with Crippen LogP contribution in [0.4, 0.5) is 5.69 Å². The van der Waals surface area contributed by atoms with Crippen molar-refractivity contribution in [3.8, 4) is 6.07 Å². The third-order valence-corrected chi connectivity index (χ3v) is 4.10. The van der Waals surface area contributed by atoms with Crippen LogP contribution in [0.15, 0.2) is 6.07 Å². The molecule has 1 aliphatic heterocycles. The number of nitriles is 1. The van der Waals surface area contributed by atoms with Gasteiger partial charge in [-0.1, -0.05) is 6.42 Å². The van der Waals surface area contributed by atoms with Crippen LogP contribution >= 0.6 is 0 Å². The molecule has 0 aliphatic carbocycles. The van der Waals surface area contributed by atoms with Crippen LogP contribution in [0.1, 0.15) is 43.1 Å². The maximum absolute atomic E-state index is 9.24. The summed E-state index contributed by atoms with van der Waals surface area (Å²) in [4.78, 5) is 6.87. The predicted molar refractivity (Wildman–Crippen MR) is 81.8 cm³/mol. The summed E-state index contributed by atoms with van der Waals surface area (Å²) in [6.45, 7) is 9.27. The fourth-order valence-electron chi connectivity index (χ4n) is 2.93. The Morgan fingerprint density at radius 3 is 2.95 bits per heavy atom. The van der Waals surface area contributed by atoms with E-state index in [9.17, 15) is 5.26 Å². The van der Waals surface area contributed by atoms with E-state index in [2.05, 4.69) is 28.2 Å². The van der Waals surface area contributed by atoms with E-state index in [0.717, 1.165) is 30.2 Å². The van der Waals surface area contributed by atoms with Crippen molar-refractivity contribution >= 4 is 5.69 Å². The Morgan fingerprint density at radius 2 is 2.25 bits per heavy atom. The second-order valence-electron chi connectivity index (χ2n) is 5.69. The molecular formula is C16H24N4. The molecule has 1 atom stereocenters. The zero-order valence-electron chi connectivity index (χ0n) is 12.7. The second-order valence-corrected chi connectivity index (χ2v) is 5.69. The van der Waals surface area contributed by atoms with E-state index in [4.69, 9.17) is 0 Å². The zero-order chi connectivity index (χ0) is 14.5. The molecule has 0 aromatic carbocycles. The minimum Gasteiger partial charge on any atom is -0.383 e. The lowest BCUT2D eigenvalue weighted by Gasteiger charge is -2.33. The summed E-state index contributed by atoms with van der Waals surface area (Å²) in [5.41, 5.74) is 3.35. The Labute approximate surface area is 121 Å². The normalized spacial score (nSPS) is 19.6. The van der Waals surface area contributed by atoms with Gasteiger partial charge in [0.15, 0.2) is 0 Å². The van der Waals surface area contributed by atoms with Crippen molar-refractivity contribution in [3.63, 3.8) is 0 Å². The maximum atomic E-state index is 9.24. The Balaban J connectivity index is 1.95.